The van der Waals surface area contributed by atoms with E-state index in [0.29, 0.717) is 30.4 Å². The summed E-state index contributed by atoms with van der Waals surface area (Å²) in [5.74, 6) is 0.303. The molecule has 1 rings (SSSR count). The van der Waals surface area contributed by atoms with Crippen LogP contribution >= 0.6 is 11.3 Å². The van der Waals surface area contributed by atoms with Crippen LogP contribution in [0, 0.1) is 5.92 Å². The standard InChI is InChI=1S/C14H27N3O2S2/c1-12(2)10-17(7-6-16(4)5)21(18,19)14-8-13(9-15-3)20-11-14/h8,11-12,15H,6-7,9-10H2,1-5H3. The molecule has 0 aliphatic carbocycles. The molecule has 1 N–H and O–H groups in total. The van der Waals surface area contributed by atoms with Crippen LogP contribution < -0.4 is 5.32 Å². The molecule has 0 spiro atoms. The maximum Gasteiger partial charge on any atom is 0.243 e. The minimum atomic E-state index is -3.40. The average molecular weight is 334 g/mol. The van der Waals surface area contributed by atoms with Gasteiger partial charge in [0.1, 0.15) is 0 Å². The average Bonchev–Trinajstić information content (AvgIpc) is 2.83. The van der Waals surface area contributed by atoms with Crippen molar-refractivity contribution in [3.8, 4) is 0 Å². The van der Waals surface area contributed by atoms with Gasteiger partial charge in [0.15, 0.2) is 0 Å². The smallest absolute Gasteiger partial charge is 0.243 e. The highest BCUT2D eigenvalue weighted by Crippen LogP contribution is 2.23. The Labute approximate surface area is 133 Å². The molecule has 0 fully saturated rings. The molecule has 7 heteroatoms. The van der Waals surface area contributed by atoms with Crippen molar-refractivity contribution in [1.29, 1.82) is 0 Å². The zero-order valence-electron chi connectivity index (χ0n) is 13.6. The van der Waals surface area contributed by atoms with Gasteiger partial charge in [-0.15, -0.1) is 11.3 Å². The van der Waals surface area contributed by atoms with Crippen LogP contribution in [0.3, 0.4) is 0 Å². The number of thiophene rings is 1. The van der Waals surface area contributed by atoms with Gasteiger partial charge in [-0.3, -0.25) is 0 Å². The van der Waals surface area contributed by atoms with E-state index >= 15 is 0 Å². The predicted octanol–water partition coefficient (Wildman–Crippen LogP) is 1.68. The number of hydrogen-bond acceptors (Lipinski definition) is 5. The van der Waals surface area contributed by atoms with Crippen LogP contribution in [-0.2, 0) is 16.6 Å². The minimum Gasteiger partial charge on any atom is -0.315 e. The summed E-state index contributed by atoms with van der Waals surface area (Å²) in [6, 6.07) is 1.78. The lowest BCUT2D eigenvalue weighted by atomic mass is 10.2. The fourth-order valence-corrected chi connectivity index (χ4v) is 4.81. The zero-order valence-corrected chi connectivity index (χ0v) is 15.2. The van der Waals surface area contributed by atoms with Gasteiger partial charge in [0.2, 0.25) is 10.0 Å². The molecule has 1 aromatic rings. The van der Waals surface area contributed by atoms with Crippen molar-refractivity contribution in [2.75, 3.05) is 40.8 Å². The second-order valence-electron chi connectivity index (χ2n) is 5.84. The minimum absolute atomic E-state index is 0.303. The fraction of sp³-hybridized carbons (Fsp3) is 0.714. The van der Waals surface area contributed by atoms with Crippen molar-refractivity contribution in [2.24, 2.45) is 5.92 Å². The third-order valence-electron chi connectivity index (χ3n) is 2.98. The summed E-state index contributed by atoms with van der Waals surface area (Å²) < 4.78 is 27.2. The Bertz CT molecular complexity index is 524. The maximum atomic E-state index is 12.8. The van der Waals surface area contributed by atoms with Crippen molar-refractivity contribution in [3.63, 3.8) is 0 Å². The lowest BCUT2D eigenvalue weighted by molar-refractivity contribution is 0.313. The highest BCUT2D eigenvalue weighted by Gasteiger charge is 2.26. The zero-order chi connectivity index (χ0) is 16.0. The van der Waals surface area contributed by atoms with E-state index in [1.807, 2.05) is 39.9 Å². The van der Waals surface area contributed by atoms with Crippen molar-refractivity contribution in [1.82, 2.24) is 14.5 Å². The summed E-state index contributed by atoms with van der Waals surface area (Å²) in [4.78, 5) is 3.45. The van der Waals surface area contributed by atoms with E-state index < -0.39 is 10.0 Å². The van der Waals surface area contributed by atoms with E-state index in [2.05, 4.69) is 5.32 Å². The Hall–Kier alpha value is -0.470. The van der Waals surface area contributed by atoms with Crippen LogP contribution in [0.25, 0.3) is 0 Å². The van der Waals surface area contributed by atoms with Crippen molar-refractivity contribution in [3.05, 3.63) is 16.3 Å². The number of hydrogen-bond donors (Lipinski definition) is 1. The number of rotatable bonds is 9. The van der Waals surface area contributed by atoms with Crippen molar-refractivity contribution >= 4 is 21.4 Å². The molecule has 122 valence electrons. The largest absolute Gasteiger partial charge is 0.315 e. The second kappa shape index (κ2) is 8.24. The highest BCUT2D eigenvalue weighted by atomic mass is 32.2. The van der Waals surface area contributed by atoms with E-state index in [4.69, 9.17) is 0 Å². The Kier molecular flexibility index (Phi) is 7.29. The molecule has 0 bridgehead atoms. The molecule has 0 amide bonds. The molecule has 1 heterocycles. The number of likely N-dealkylation sites (N-methyl/N-ethyl adjacent to an activating group) is 1. The van der Waals surface area contributed by atoms with Gasteiger partial charge in [0.25, 0.3) is 0 Å². The van der Waals surface area contributed by atoms with Crippen LogP contribution in [0.15, 0.2) is 16.3 Å². The van der Waals surface area contributed by atoms with E-state index in [1.165, 1.54) is 11.3 Å². The predicted molar refractivity (Wildman–Crippen MR) is 89.2 cm³/mol. The van der Waals surface area contributed by atoms with Crippen LogP contribution in [0.4, 0.5) is 0 Å². The first-order valence-corrected chi connectivity index (χ1v) is 9.46. The van der Waals surface area contributed by atoms with Gasteiger partial charge in [-0.25, -0.2) is 8.42 Å². The quantitative estimate of drug-likeness (QED) is 0.747. The van der Waals surface area contributed by atoms with Gasteiger partial charge in [-0.1, -0.05) is 13.8 Å². The lowest BCUT2D eigenvalue weighted by Crippen LogP contribution is -2.38. The lowest BCUT2D eigenvalue weighted by Gasteiger charge is -2.25. The van der Waals surface area contributed by atoms with Gasteiger partial charge in [0, 0.05) is 36.4 Å². The molecular formula is C14H27N3O2S2. The Morgan fingerprint density at radius 1 is 1.29 bits per heavy atom. The summed E-state index contributed by atoms with van der Waals surface area (Å²) in [5.41, 5.74) is 0. The van der Waals surface area contributed by atoms with Gasteiger partial charge in [-0.2, -0.15) is 4.31 Å². The molecule has 0 saturated heterocycles. The number of nitrogens with one attached hydrogen (secondary N) is 1. The Morgan fingerprint density at radius 3 is 2.48 bits per heavy atom. The first-order valence-electron chi connectivity index (χ1n) is 7.14. The van der Waals surface area contributed by atoms with Gasteiger partial charge in [-0.05, 0) is 33.1 Å². The normalized spacial score (nSPS) is 12.8. The van der Waals surface area contributed by atoms with Gasteiger partial charge >= 0.3 is 0 Å². The third-order valence-corrected chi connectivity index (χ3v) is 5.91. The fourth-order valence-electron chi connectivity index (χ4n) is 1.94. The van der Waals surface area contributed by atoms with E-state index in [9.17, 15) is 8.42 Å². The molecule has 21 heavy (non-hydrogen) atoms. The first-order chi connectivity index (χ1) is 9.77. The van der Waals surface area contributed by atoms with Crippen molar-refractivity contribution in [2.45, 2.75) is 25.3 Å². The Morgan fingerprint density at radius 2 is 1.95 bits per heavy atom. The van der Waals surface area contributed by atoms with E-state index in [0.717, 1.165) is 11.4 Å². The molecule has 0 radical (unpaired) electrons. The first kappa shape index (κ1) is 18.6. The summed E-state index contributed by atoms with van der Waals surface area (Å²) in [6.45, 7) is 6.57. The molecule has 1 aromatic heterocycles. The molecule has 0 unspecified atom stereocenters. The molecular weight excluding hydrogens is 306 g/mol. The van der Waals surface area contributed by atoms with Gasteiger partial charge < -0.3 is 10.2 Å². The van der Waals surface area contributed by atoms with Crippen LogP contribution in [0.1, 0.15) is 18.7 Å². The van der Waals surface area contributed by atoms with Crippen molar-refractivity contribution < 1.29 is 8.42 Å². The third kappa shape index (κ3) is 5.67. The number of nitrogens with zero attached hydrogens (tertiary/aromatic N) is 2. The summed E-state index contributed by atoms with van der Waals surface area (Å²) in [5, 5.41) is 4.79. The highest BCUT2D eigenvalue weighted by molar-refractivity contribution is 7.89. The molecule has 5 nitrogen and oxygen atoms in total. The number of sulfonamides is 1. The SMILES string of the molecule is CNCc1cc(S(=O)(=O)N(CCN(C)C)CC(C)C)cs1. The molecule has 0 saturated carbocycles. The van der Waals surface area contributed by atoms with Crippen LogP contribution in [0.5, 0.6) is 0 Å². The maximum absolute atomic E-state index is 12.8. The van der Waals surface area contributed by atoms with E-state index in [1.54, 1.807) is 15.8 Å². The molecule has 0 aliphatic rings. The van der Waals surface area contributed by atoms with E-state index in [-0.39, 0.29) is 0 Å². The summed E-state index contributed by atoms with van der Waals surface area (Å²) in [7, 11) is 2.37. The second-order valence-corrected chi connectivity index (χ2v) is 8.77. The van der Waals surface area contributed by atoms with Crippen LogP contribution in [0.2, 0.25) is 0 Å². The van der Waals surface area contributed by atoms with Gasteiger partial charge in [0.05, 0.1) is 4.90 Å². The summed E-state index contributed by atoms with van der Waals surface area (Å²) >= 11 is 1.48. The summed E-state index contributed by atoms with van der Waals surface area (Å²) in [6.07, 6.45) is 0. The van der Waals surface area contributed by atoms with Crippen LogP contribution in [-0.4, -0.2) is 58.4 Å². The molecule has 0 aliphatic heterocycles. The Balaban J connectivity index is 2.95. The molecule has 0 atom stereocenters. The monoisotopic (exact) mass is 333 g/mol. The topological polar surface area (TPSA) is 52.7 Å². The molecule has 0 aromatic carbocycles.